The van der Waals surface area contributed by atoms with Crippen LogP contribution in [0.4, 0.5) is 19.1 Å². The van der Waals surface area contributed by atoms with Crippen molar-refractivity contribution in [3.8, 4) is 21.8 Å². The van der Waals surface area contributed by atoms with Crippen LogP contribution in [0.15, 0.2) is 48.2 Å². The zero-order chi connectivity index (χ0) is 24.3. The van der Waals surface area contributed by atoms with Gasteiger partial charge in [0, 0.05) is 24.2 Å². The molecule has 2 aliphatic rings. The molecule has 184 valence electrons. The van der Waals surface area contributed by atoms with Crippen molar-refractivity contribution in [2.45, 2.75) is 76.4 Å². The quantitative estimate of drug-likeness (QED) is 0.349. The maximum atomic E-state index is 13.5. The van der Waals surface area contributed by atoms with Gasteiger partial charge in [0.15, 0.2) is 0 Å². The van der Waals surface area contributed by atoms with Gasteiger partial charge in [-0.15, -0.1) is 11.3 Å². The van der Waals surface area contributed by atoms with E-state index in [4.69, 9.17) is 9.97 Å². The number of nitrogens with zero attached hydrogens (tertiary/aromatic N) is 3. The standard InChI is InChI=1S/C27H29F3N4S/c28-27(29,30)20-11-7-10-19(17-20)24-25(35-23(34-24)16-18-8-3-1-2-4-9-18)22-14-15-31-26(33-22)32-21-12-5-6-13-21/h7-8,10-11,14-15,17,21H,1-6,9,12-13,16H2,(H,31,32,33). The van der Waals surface area contributed by atoms with Gasteiger partial charge in [0.2, 0.25) is 5.95 Å². The van der Waals surface area contributed by atoms with Crippen molar-refractivity contribution >= 4 is 17.3 Å². The molecule has 5 rings (SSSR count). The number of alkyl halides is 3. The Morgan fingerprint density at radius 1 is 1.00 bits per heavy atom. The van der Waals surface area contributed by atoms with Gasteiger partial charge in [-0.1, -0.05) is 43.0 Å². The average Bonchev–Trinajstić information content (AvgIpc) is 3.43. The summed E-state index contributed by atoms with van der Waals surface area (Å²) in [5.74, 6) is 0.561. The summed E-state index contributed by atoms with van der Waals surface area (Å²) in [6, 6.07) is 7.61. The first-order chi connectivity index (χ1) is 17.0. The molecule has 1 saturated carbocycles. The Kier molecular flexibility index (Phi) is 7.18. The molecule has 3 aromatic rings. The first-order valence-electron chi connectivity index (χ1n) is 12.4. The molecular formula is C27H29F3N4S. The Morgan fingerprint density at radius 3 is 2.69 bits per heavy atom. The average molecular weight is 499 g/mol. The van der Waals surface area contributed by atoms with Crippen LogP contribution in [0.3, 0.4) is 0 Å². The summed E-state index contributed by atoms with van der Waals surface area (Å²) in [5.41, 5.74) is 2.39. The van der Waals surface area contributed by atoms with E-state index in [2.05, 4.69) is 16.4 Å². The Hall–Kier alpha value is -2.74. The van der Waals surface area contributed by atoms with E-state index in [1.165, 1.54) is 61.1 Å². The summed E-state index contributed by atoms with van der Waals surface area (Å²) in [6.07, 6.45) is 10.7. The highest BCUT2D eigenvalue weighted by atomic mass is 32.1. The Morgan fingerprint density at radius 2 is 1.86 bits per heavy atom. The molecule has 0 bridgehead atoms. The van der Waals surface area contributed by atoms with Gasteiger partial charge in [-0.2, -0.15) is 13.2 Å². The monoisotopic (exact) mass is 498 g/mol. The number of hydrogen-bond acceptors (Lipinski definition) is 5. The highest BCUT2D eigenvalue weighted by Gasteiger charge is 2.31. The Bertz CT molecular complexity index is 1200. The number of thiazole rings is 1. The molecule has 1 N–H and O–H groups in total. The Balaban J connectivity index is 1.52. The van der Waals surface area contributed by atoms with Crippen molar-refractivity contribution < 1.29 is 13.2 Å². The molecule has 0 amide bonds. The van der Waals surface area contributed by atoms with Crippen molar-refractivity contribution in [3.63, 3.8) is 0 Å². The second-order valence-corrected chi connectivity index (χ2v) is 10.5. The summed E-state index contributed by atoms with van der Waals surface area (Å²) in [6.45, 7) is 0. The zero-order valence-electron chi connectivity index (χ0n) is 19.6. The molecule has 2 aliphatic carbocycles. The number of halogens is 3. The number of nitrogens with one attached hydrogen (secondary N) is 1. The maximum absolute atomic E-state index is 13.5. The van der Waals surface area contributed by atoms with Crippen LogP contribution in [0.2, 0.25) is 0 Å². The molecule has 35 heavy (non-hydrogen) atoms. The van der Waals surface area contributed by atoms with E-state index >= 15 is 0 Å². The van der Waals surface area contributed by atoms with Gasteiger partial charge in [0.1, 0.15) is 0 Å². The number of rotatable bonds is 6. The van der Waals surface area contributed by atoms with Crippen LogP contribution in [0.5, 0.6) is 0 Å². The highest BCUT2D eigenvalue weighted by molar-refractivity contribution is 7.15. The third-order valence-electron chi connectivity index (χ3n) is 6.72. The van der Waals surface area contributed by atoms with E-state index in [0.717, 1.165) is 48.1 Å². The van der Waals surface area contributed by atoms with Crippen LogP contribution in [-0.4, -0.2) is 21.0 Å². The van der Waals surface area contributed by atoms with Crippen molar-refractivity contribution in [1.29, 1.82) is 0 Å². The molecule has 8 heteroatoms. The minimum Gasteiger partial charge on any atom is -0.351 e. The fourth-order valence-corrected chi connectivity index (χ4v) is 6.00. The van der Waals surface area contributed by atoms with E-state index < -0.39 is 11.7 Å². The zero-order valence-corrected chi connectivity index (χ0v) is 20.4. The van der Waals surface area contributed by atoms with Crippen LogP contribution < -0.4 is 5.32 Å². The van der Waals surface area contributed by atoms with Crippen LogP contribution in [0.25, 0.3) is 21.8 Å². The summed E-state index contributed by atoms with van der Waals surface area (Å²) in [5, 5.41) is 4.33. The van der Waals surface area contributed by atoms with Gasteiger partial charge in [0.05, 0.1) is 26.8 Å². The van der Waals surface area contributed by atoms with Gasteiger partial charge in [-0.05, 0) is 56.7 Å². The first-order valence-corrected chi connectivity index (χ1v) is 13.2. The largest absolute Gasteiger partial charge is 0.416 e. The van der Waals surface area contributed by atoms with Crippen LogP contribution >= 0.6 is 11.3 Å². The fraction of sp³-hybridized carbons (Fsp3) is 0.444. The van der Waals surface area contributed by atoms with Gasteiger partial charge < -0.3 is 5.32 Å². The molecule has 0 atom stereocenters. The smallest absolute Gasteiger partial charge is 0.351 e. The number of aromatic nitrogens is 3. The number of hydrogen-bond donors (Lipinski definition) is 1. The first kappa shape index (κ1) is 24.0. The van der Waals surface area contributed by atoms with Crippen molar-refractivity contribution in [2.75, 3.05) is 5.32 Å². The summed E-state index contributed by atoms with van der Waals surface area (Å²) >= 11 is 1.52. The van der Waals surface area contributed by atoms with Crippen LogP contribution in [0, 0.1) is 0 Å². The molecule has 0 aliphatic heterocycles. The second-order valence-electron chi connectivity index (χ2n) is 9.39. The van der Waals surface area contributed by atoms with Crippen LogP contribution in [-0.2, 0) is 12.6 Å². The number of anilines is 1. The van der Waals surface area contributed by atoms with Crippen molar-refractivity contribution in [1.82, 2.24) is 15.0 Å². The molecule has 4 nitrogen and oxygen atoms in total. The molecule has 2 aromatic heterocycles. The van der Waals surface area contributed by atoms with E-state index in [-0.39, 0.29) is 0 Å². The van der Waals surface area contributed by atoms with Gasteiger partial charge >= 0.3 is 6.18 Å². The van der Waals surface area contributed by atoms with Crippen molar-refractivity contribution in [2.24, 2.45) is 0 Å². The lowest BCUT2D eigenvalue weighted by Gasteiger charge is -2.12. The van der Waals surface area contributed by atoms with E-state index in [1.54, 1.807) is 12.3 Å². The fourth-order valence-electron chi connectivity index (χ4n) is 4.90. The molecule has 1 fully saturated rings. The molecule has 0 radical (unpaired) electrons. The maximum Gasteiger partial charge on any atom is 0.416 e. The number of benzene rings is 1. The molecule has 0 spiro atoms. The predicted molar refractivity (Wildman–Crippen MR) is 134 cm³/mol. The van der Waals surface area contributed by atoms with Crippen LogP contribution in [0.1, 0.15) is 68.4 Å². The number of allylic oxidation sites excluding steroid dienone is 2. The molecule has 2 heterocycles. The molecular weight excluding hydrogens is 469 g/mol. The van der Waals surface area contributed by atoms with Crippen molar-refractivity contribution in [3.05, 3.63) is 58.7 Å². The lowest BCUT2D eigenvalue weighted by atomic mass is 10.1. The normalized spacial score (nSPS) is 17.3. The molecule has 0 unspecified atom stereocenters. The van der Waals surface area contributed by atoms with Gasteiger partial charge in [0.25, 0.3) is 0 Å². The Labute approximate surface area is 207 Å². The van der Waals surface area contributed by atoms with E-state index in [9.17, 15) is 13.2 Å². The predicted octanol–water partition coefficient (Wildman–Crippen LogP) is 8.07. The topological polar surface area (TPSA) is 50.7 Å². The van der Waals surface area contributed by atoms with Gasteiger partial charge in [-0.25, -0.2) is 15.0 Å². The molecule has 1 aromatic carbocycles. The third-order valence-corrected chi connectivity index (χ3v) is 7.80. The summed E-state index contributed by atoms with van der Waals surface area (Å²) in [4.78, 5) is 14.8. The lowest BCUT2D eigenvalue weighted by molar-refractivity contribution is -0.137. The summed E-state index contributed by atoms with van der Waals surface area (Å²) < 4.78 is 40.4. The minimum atomic E-state index is -4.41. The van der Waals surface area contributed by atoms with E-state index in [1.807, 2.05) is 6.07 Å². The highest BCUT2D eigenvalue weighted by Crippen LogP contribution is 2.39. The SMILES string of the molecule is FC(F)(F)c1cccc(-c2nc(CC3=CCCCCC3)sc2-c2ccnc(NC3CCCC3)n2)c1. The second kappa shape index (κ2) is 10.5. The third kappa shape index (κ3) is 5.92. The van der Waals surface area contributed by atoms with E-state index in [0.29, 0.717) is 28.9 Å². The van der Waals surface area contributed by atoms with Gasteiger partial charge in [-0.3, -0.25) is 0 Å². The molecule has 0 saturated heterocycles. The lowest BCUT2D eigenvalue weighted by Crippen LogP contribution is -2.16. The summed E-state index contributed by atoms with van der Waals surface area (Å²) in [7, 11) is 0. The minimum absolute atomic E-state index is 0.368.